The molecule has 0 spiro atoms. The van der Waals surface area contributed by atoms with E-state index < -0.39 is 0 Å². The summed E-state index contributed by atoms with van der Waals surface area (Å²) >= 11 is 0. The fourth-order valence-corrected chi connectivity index (χ4v) is 2.28. The van der Waals surface area contributed by atoms with Crippen LogP contribution in [0.5, 0.6) is 0 Å². The average molecular weight is 247 g/mol. The van der Waals surface area contributed by atoms with Crippen molar-refractivity contribution in [2.45, 2.75) is 38.3 Å². The van der Waals surface area contributed by atoms with Gasteiger partial charge in [0.25, 0.3) is 0 Å². The van der Waals surface area contributed by atoms with Crippen molar-refractivity contribution < 1.29 is 4.79 Å². The van der Waals surface area contributed by atoms with Crippen LogP contribution in [-0.4, -0.2) is 17.0 Å². The molecule has 0 bridgehead atoms. The van der Waals surface area contributed by atoms with Crippen LogP contribution in [0.1, 0.15) is 37.3 Å². The first kappa shape index (κ1) is 11.8. The first-order chi connectivity index (χ1) is 8.72. The minimum atomic E-state index is 0.101. The van der Waals surface area contributed by atoms with Crippen LogP contribution in [0.25, 0.3) is 0 Å². The first-order valence-corrected chi connectivity index (χ1v) is 6.90. The van der Waals surface area contributed by atoms with Crippen LogP contribution in [0, 0.1) is 11.8 Å². The molecule has 2 aliphatic carbocycles. The highest BCUT2D eigenvalue weighted by Crippen LogP contribution is 2.39. The maximum absolute atomic E-state index is 11.7. The summed E-state index contributed by atoms with van der Waals surface area (Å²) in [6.45, 7) is 1.25. The zero-order valence-corrected chi connectivity index (χ0v) is 10.6. The van der Waals surface area contributed by atoms with Gasteiger partial charge >= 0.3 is 0 Å². The van der Waals surface area contributed by atoms with Crippen LogP contribution < -0.4 is 11.1 Å². The van der Waals surface area contributed by atoms with E-state index in [0.717, 1.165) is 18.0 Å². The Kier molecular flexibility index (Phi) is 3.12. The van der Waals surface area contributed by atoms with Gasteiger partial charge < -0.3 is 15.6 Å². The van der Waals surface area contributed by atoms with Gasteiger partial charge in [-0.05, 0) is 49.1 Å². The van der Waals surface area contributed by atoms with Crippen LogP contribution in [0.3, 0.4) is 0 Å². The molecular weight excluding hydrogens is 226 g/mol. The lowest BCUT2D eigenvalue weighted by Gasteiger charge is -2.07. The summed E-state index contributed by atoms with van der Waals surface area (Å²) in [6, 6.07) is 2.19. The summed E-state index contributed by atoms with van der Waals surface area (Å²) in [5.41, 5.74) is 7.30. The Morgan fingerprint density at radius 2 is 2.22 bits per heavy atom. The lowest BCUT2D eigenvalue weighted by atomic mass is 10.1. The molecule has 2 saturated carbocycles. The van der Waals surface area contributed by atoms with Gasteiger partial charge in [-0.15, -0.1) is 0 Å². The normalized spacial score (nSPS) is 20.7. The van der Waals surface area contributed by atoms with E-state index in [2.05, 4.69) is 5.32 Å². The van der Waals surface area contributed by atoms with E-state index >= 15 is 0 Å². The second-order valence-corrected chi connectivity index (χ2v) is 5.73. The van der Waals surface area contributed by atoms with Crippen molar-refractivity contribution in [1.82, 2.24) is 9.88 Å². The Morgan fingerprint density at radius 1 is 1.44 bits per heavy atom. The van der Waals surface area contributed by atoms with E-state index in [1.165, 1.54) is 25.7 Å². The third-order valence-corrected chi connectivity index (χ3v) is 3.90. The monoisotopic (exact) mass is 247 g/mol. The van der Waals surface area contributed by atoms with Crippen molar-refractivity contribution in [2.24, 2.45) is 17.6 Å². The third kappa shape index (κ3) is 2.93. The molecule has 0 aliphatic heterocycles. The number of carbonyl (C=O) groups excluding carboxylic acids is 1. The molecule has 1 unspecified atom stereocenters. The predicted molar refractivity (Wildman–Crippen MR) is 69.8 cm³/mol. The molecule has 4 heteroatoms. The number of rotatable bonds is 6. The highest BCUT2D eigenvalue weighted by molar-refractivity contribution is 5.75. The summed E-state index contributed by atoms with van der Waals surface area (Å²) in [6.07, 6.45) is 8.99. The number of nitrogens with zero attached hydrogens (tertiary/aromatic N) is 1. The summed E-state index contributed by atoms with van der Waals surface area (Å²) in [4.78, 5) is 11.7. The fraction of sp³-hybridized carbons (Fsp3) is 0.643. The van der Waals surface area contributed by atoms with Crippen molar-refractivity contribution in [3.05, 3.63) is 24.0 Å². The molecule has 0 saturated heterocycles. The number of carbonyl (C=O) groups is 1. The maximum Gasteiger partial charge on any atom is 0.239 e. The standard InChI is InChI=1S/C14H21N3O/c15-14(11-3-4-11)12-5-6-17(8-12)9-13(18)16-7-10-1-2-10/h5-6,8,10-11,14H,1-4,7,9,15H2,(H,16,18). The molecule has 3 rings (SSSR count). The number of nitrogens with one attached hydrogen (secondary N) is 1. The Morgan fingerprint density at radius 3 is 2.89 bits per heavy atom. The van der Waals surface area contributed by atoms with Crippen LogP contribution in [0.15, 0.2) is 18.5 Å². The van der Waals surface area contributed by atoms with Crippen LogP contribution in [0.4, 0.5) is 0 Å². The van der Waals surface area contributed by atoms with E-state index in [1.54, 1.807) is 0 Å². The van der Waals surface area contributed by atoms with Gasteiger partial charge in [-0.1, -0.05) is 0 Å². The summed E-state index contributed by atoms with van der Waals surface area (Å²) in [5.74, 6) is 1.49. The molecule has 1 atom stereocenters. The highest BCUT2D eigenvalue weighted by Gasteiger charge is 2.29. The van der Waals surface area contributed by atoms with Gasteiger partial charge in [0.1, 0.15) is 6.54 Å². The van der Waals surface area contributed by atoms with E-state index in [-0.39, 0.29) is 11.9 Å². The maximum atomic E-state index is 11.7. The molecule has 18 heavy (non-hydrogen) atoms. The zero-order valence-electron chi connectivity index (χ0n) is 10.6. The quantitative estimate of drug-likeness (QED) is 0.798. The molecule has 1 amide bonds. The van der Waals surface area contributed by atoms with E-state index in [0.29, 0.717) is 12.5 Å². The average Bonchev–Trinajstić information content (AvgIpc) is 3.25. The van der Waals surface area contributed by atoms with Crippen LogP contribution in [0.2, 0.25) is 0 Å². The van der Waals surface area contributed by atoms with Gasteiger partial charge in [0.15, 0.2) is 0 Å². The Labute approximate surface area is 108 Å². The number of hydrogen-bond acceptors (Lipinski definition) is 2. The molecule has 2 aliphatic rings. The van der Waals surface area contributed by atoms with Crippen LogP contribution >= 0.6 is 0 Å². The molecule has 0 radical (unpaired) electrons. The number of amides is 1. The molecule has 1 aromatic rings. The van der Waals surface area contributed by atoms with Gasteiger partial charge in [0.2, 0.25) is 5.91 Å². The van der Waals surface area contributed by atoms with Crippen molar-refractivity contribution >= 4 is 5.91 Å². The van der Waals surface area contributed by atoms with Gasteiger partial charge in [-0.25, -0.2) is 0 Å². The molecule has 0 aromatic carbocycles. The Hall–Kier alpha value is -1.29. The van der Waals surface area contributed by atoms with Crippen molar-refractivity contribution in [3.63, 3.8) is 0 Å². The van der Waals surface area contributed by atoms with Gasteiger partial charge in [-0.3, -0.25) is 4.79 Å². The lowest BCUT2D eigenvalue weighted by Crippen LogP contribution is -2.28. The van der Waals surface area contributed by atoms with Gasteiger partial charge in [0, 0.05) is 25.0 Å². The largest absolute Gasteiger partial charge is 0.354 e. The molecule has 1 aromatic heterocycles. The zero-order chi connectivity index (χ0) is 12.5. The van der Waals surface area contributed by atoms with Crippen molar-refractivity contribution in [2.75, 3.05) is 6.54 Å². The third-order valence-electron chi connectivity index (χ3n) is 3.90. The van der Waals surface area contributed by atoms with E-state index in [9.17, 15) is 4.79 Å². The molecule has 1 heterocycles. The Balaban J connectivity index is 1.50. The lowest BCUT2D eigenvalue weighted by molar-refractivity contribution is -0.121. The molecule has 4 nitrogen and oxygen atoms in total. The first-order valence-electron chi connectivity index (χ1n) is 6.90. The highest BCUT2D eigenvalue weighted by atomic mass is 16.1. The van der Waals surface area contributed by atoms with Gasteiger partial charge in [-0.2, -0.15) is 0 Å². The summed E-state index contributed by atoms with van der Waals surface area (Å²) in [5, 5.41) is 2.98. The van der Waals surface area contributed by atoms with E-state index in [1.807, 2.05) is 23.0 Å². The molecule has 2 fully saturated rings. The molecular formula is C14H21N3O. The van der Waals surface area contributed by atoms with E-state index in [4.69, 9.17) is 5.73 Å². The smallest absolute Gasteiger partial charge is 0.239 e. The Bertz CT molecular complexity index is 432. The SMILES string of the molecule is NC(c1ccn(CC(=O)NCC2CC2)c1)C1CC1. The number of nitrogens with two attached hydrogens (primary N) is 1. The minimum Gasteiger partial charge on any atom is -0.354 e. The molecule has 98 valence electrons. The predicted octanol–water partition coefficient (Wildman–Crippen LogP) is 1.42. The summed E-state index contributed by atoms with van der Waals surface area (Å²) in [7, 11) is 0. The van der Waals surface area contributed by atoms with Gasteiger partial charge in [0.05, 0.1) is 0 Å². The van der Waals surface area contributed by atoms with Crippen molar-refractivity contribution in [3.8, 4) is 0 Å². The minimum absolute atomic E-state index is 0.101. The number of aromatic nitrogens is 1. The second-order valence-electron chi connectivity index (χ2n) is 5.73. The molecule has 3 N–H and O–H groups in total. The second kappa shape index (κ2) is 4.76. The fourth-order valence-electron chi connectivity index (χ4n) is 2.28. The topological polar surface area (TPSA) is 60.0 Å². The van der Waals surface area contributed by atoms with Crippen molar-refractivity contribution in [1.29, 1.82) is 0 Å². The number of hydrogen-bond donors (Lipinski definition) is 2. The van der Waals surface area contributed by atoms with Crippen LogP contribution in [-0.2, 0) is 11.3 Å². The summed E-state index contributed by atoms with van der Waals surface area (Å²) < 4.78 is 1.93.